The molecule has 174 valence electrons. The molecule has 1 unspecified atom stereocenters. The lowest BCUT2D eigenvalue weighted by molar-refractivity contribution is 0.354. The molecule has 0 radical (unpaired) electrons. The van der Waals surface area contributed by atoms with E-state index in [4.69, 9.17) is 32.2 Å². The van der Waals surface area contributed by atoms with Crippen LogP contribution in [0.25, 0.3) is 5.95 Å². The molecule has 4 rings (SSSR count). The molecule has 34 heavy (non-hydrogen) atoms. The molecule has 4 aromatic rings. The molecule has 2 heterocycles. The molecule has 0 saturated heterocycles. The first-order valence-electron chi connectivity index (χ1n) is 10.2. The van der Waals surface area contributed by atoms with Gasteiger partial charge in [0.25, 0.3) is 5.95 Å². The quantitative estimate of drug-likeness (QED) is 0.260. The van der Waals surface area contributed by atoms with Crippen LogP contribution >= 0.6 is 11.6 Å². The van der Waals surface area contributed by atoms with Gasteiger partial charge in [-0.1, -0.05) is 35.9 Å². The van der Waals surface area contributed by atoms with E-state index in [1.165, 1.54) is 26.6 Å². The highest BCUT2D eigenvalue weighted by Gasteiger charge is 2.25. The smallest absolute Gasteiger partial charge is 0.350 e. The van der Waals surface area contributed by atoms with E-state index >= 15 is 0 Å². The second-order valence-electron chi connectivity index (χ2n) is 7.37. The van der Waals surface area contributed by atoms with E-state index in [9.17, 15) is 4.79 Å². The lowest BCUT2D eigenvalue weighted by atomic mass is 9.90. The van der Waals surface area contributed by atoms with Crippen LogP contribution in [0.15, 0.2) is 59.7 Å². The van der Waals surface area contributed by atoms with Crippen molar-refractivity contribution in [3.63, 3.8) is 0 Å². The summed E-state index contributed by atoms with van der Waals surface area (Å²) >= 11 is 6.65. The van der Waals surface area contributed by atoms with Crippen LogP contribution in [0.3, 0.4) is 0 Å². The number of H-pyrrole nitrogens is 1. The van der Waals surface area contributed by atoms with Crippen molar-refractivity contribution in [1.29, 1.82) is 5.41 Å². The Morgan fingerprint density at radius 3 is 2.41 bits per heavy atom. The standard InChI is InChI=1S/C23H22ClN7O3/c1-33-18-11-15(17(24)12-19(18)34-2)16(10-13-4-6-14(7-5-13)20(25)26)21-29-23(32)31(30-21)22-27-8-3-9-28-22/h3-9,11-12,16H,10H2,1-2H3,(H3,25,26)(H,29,30,32). The summed E-state index contributed by atoms with van der Waals surface area (Å²) < 4.78 is 11.9. The number of benzene rings is 2. The lowest BCUT2D eigenvalue weighted by Crippen LogP contribution is -2.18. The van der Waals surface area contributed by atoms with Crippen LogP contribution in [-0.4, -0.2) is 44.8 Å². The van der Waals surface area contributed by atoms with Crippen molar-refractivity contribution < 1.29 is 9.47 Å². The van der Waals surface area contributed by atoms with Crippen LogP contribution < -0.4 is 20.9 Å². The number of aromatic amines is 1. The van der Waals surface area contributed by atoms with E-state index in [-0.39, 0.29) is 11.8 Å². The van der Waals surface area contributed by atoms with E-state index in [2.05, 4.69) is 20.1 Å². The fourth-order valence-corrected chi connectivity index (χ4v) is 3.87. The Bertz CT molecular complexity index is 1370. The Labute approximate surface area is 199 Å². The number of amidine groups is 1. The van der Waals surface area contributed by atoms with E-state index in [0.29, 0.717) is 39.9 Å². The summed E-state index contributed by atoms with van der Waals surface area (Å²) in [4.78, 5) is 23.7. The molecule has 0 aliphatic heterocycles. The van der Waals surface area contributed by atoms with E-state index in [0.717, 1.165) is 10.2 Å². The molecule has 4 N–H and O–H groups in total. The summed E-state index contributed by atoms with van der Waals surface area (Å²) in [6.45, 7) is 0. The molecule has 0 amide bonds. The lowest BCUT2D eigenvalue weighted by Gasteiger charge is -2.19. The molecule has 0 spiro atoms. The maximum Gasteiger partial charge on any atom is 0.350 e. The number of hydrogen-bond acceptors (Lipinski definition) is 7. The van der Waals surface area contributed by atoms with Gasteiger partial charge in [0.2, 0.25) is 0 Å². The van der Waals surface area contributed by atoms with Crippen LogP contribution in [0, 0.1) is 5.41 Å². The van der Waals surface area contributed by atoms with Gasteiger partial charge in [-0.2, -0.15) is 0 Å². The van der Waals surface area contributed by atoms with Crippen molar-refractivity contribution in [1.82, 2.24) is 24.7 Å². The Kier molecular flexibility index (Phi) is 6.60. The van der Waals surface area contributed by atoms with Gasteiger partial charge < -0.3 is 15.2 Å². The molecule has 1 atom stereocenters. The molecule has 0 fully saturated rings. The highest BCUT2D eigenvalue weighted by atomic mass is 35.5. The zero-order valence-corrected chi connectivity index (χ0v) is 19.2. The summed E-state index contributed by atoms with van der Waals surface area (Å²) in [6, 6.07) is 12.4. The molecule has 2 aromatic carbocycles. The highest BCUT2D eigenvalue weighted by Crippen LogP contribution is 2.39. The maximum atomic E-state index is 12.7. The summed E-state index contributed by atoms with van der Waals surface area (Å²) in [5.74, 6) is 1.04. The molecule has 11 heteroatoms. The highest BCUT2D eigenvalue weighted by molar-refractivity contribution is 6.31. The van der Waals surface area contributed by atoms with Gasteiger partial charge in [0.05, 0.1) is 14.2 Å². The molecule has 0 aliphatic carbocycles. The fourth-order valence-electron chi connectivity index (χ4n) is 3.58. The third kappa shape index (κ3) is 4.62. The van der Waals surface area contributed by atoms with Crippen molar-refractivity contribution in [2.24, 2.45) is 5.73 Å². The predicted molar refractivity (Wildman–Crippen MR) is 127 cm³/mol. The van der Waals surface area contributed by atoms with E-state index in [1.54, 1.807) is 30.3 Å². The van der Waals surface area contributed by atoms with Gasteiger partial charge in [0, 0.05) is 35.0 Å². The van der Waals surface area contributed by atoms with Gasteiger partial charge in [0.1, 0.15) is 11.7 Å². The Balaban J connectivity index is 1.82. The first-order chi connectivity index (χ1) is 16.4. The minimum absolute atomic E-state index is 0.0167. The second kappa shape index (κ2) is 9.75. The number of rotatable bonds is 8. The molecule has 2 aromatic heterocycles. The van der Waals surface area contributed by atoms with Crippen LogP contribution in [0.1, 0.15) is 28.4 Å². The average Bonchev–Trinajstić information content (AvgIpc) is 3.24. The summed E-state index contributed by atoms with van der Waals surface area (Å²) in [6.07, 6.45) is 3.50. The SMILES string of the molecule is COc1cc(Cl)c(C(Cc2ccc(C(=N)N)cc2)c2nn(-c3ncccn3)c(=O)[nH]2)cc1OC. The van der Waals surface area contributed by atoms with Crippen LogP contribution in [-0.2, 0) is 6.42 Å². The van der Waals surface area contributed by atoms with Crippen molar-refractivity contribution in [3.8, 4) is 17.4 Å². The van der Waals surface area contributed by atoms with Crippen molar-refractivity contribution in [2.45, 2.75) is 12.3 Å². The zero-order chi connectivity index (χ0) is 24.2. The Hall–Kier alpha value is -4.18. The number of aromatic nitrogens is 5. The average molecular weight is 480 g/mol. The summed E-state index contributed by atoms with van der Waals surface area (Å²) in [7, 11) is 3.06. The van der Waals surface area contributed by atoms with Gasteiger partial charge in [0.15, 0.2) is 11.5 Å². The second-order valence-corrected chi connectivity index (χ2v) is 7.78. The van der Waals surface area contributed by atoms with Crippen LogP contribution in [0.2, 0.25) is 5.02 Å². The zero-order valence-electron chi connectivity index (χ0n) is 18.4. The number of nitrogen functional groups attached to an aromatic ring is 1. The van der Waals surface area contributed by atoms with Gasteiger partial charge in [-0.15, -0.1) is 9.78 Å². The van der Waals surface area contributed by atoms with Crippen molar-refractivity contribution in [2.75, 3.05) is 14.2 Å². The van der Waals surface area contributed by atoms with E-state index < -0.39 is 11.6 Å². The number of ether oxygens (including phenoxy) is 2. The van der Waals surface area contributed by atoms with Crippen molar-refractivity contribution in [3.05, 3.63) is 92.9 Å². The van der Waals surface area contributed by atoms with E-state index in [1.807, 2.05) is 12.1 Å². The van der Waals surface area contributed by atoms with Crippen molar-refractivity contribution >= 4 is 17.4 Å². The summed E-state index contributed by atoms with van der Waals surface area (Å²) in [5.41, 5.74) is 7.32. The number of halogens is 1. The number of nitrogens with one attached hydrogen (secondary N) is 2. The molecular formula is C23H22ClN7O3. The third-order valence-electron chi connectivity index (χ3n) is 5.29. The topological polar surface area (TPSA) is 145 Å². The Morgan fingerprint density at radius 1 is 1.15 bits per heavy atom. The largest absolute Gasteiger partial charge is 0.493 e. The van der Waals surface area contributed by atoms with Gasteiger partial charge in [-0.05, 0) is 29.7 Å². The first kappa shape index (κ1) is 23.0. The van der Waals surface area contributed by atoms with Gasteiger partial charge in [-0.3, -0.25) is 10.4 Å². The normalized spacial score (nSPS) is 11.7. The first-order valence-corrected chi connectivity index (χ1v) is 10.6. The number of nitrogens with two attached hydrogens (primary N) is 1. The molecule has 10 nitrogen and oxygen atoms in total. The molecule has 0 aliphatic rings. The number of methoxy groups -OCH3 is 2. The molecule has 0 saturated carbocycles. The maximum absolute atomic E-state index is 12.7. The van der Waals surface area contributed by atoms with Gasteiger partial charge in [-0.25, -0.2) is 14.8 Å². The Morgan fingerprint density at radius 2 is 1.79 bits per heavy atom. The van der Waals surface area contributed by atoms with Crippen LogP contribution in [0.5, 0.6) is 11.5 Å². The predicted octanol–water partition coefficient (Wildman–Crippen LogP) is 2.68. The molecule has 0 bridgehead atoms. The summed E-state index contributed by atoms with van der Waals surface area (Å²) in [5, 5.41) is 12.5. The van der Waals surface area contributed by atoms with Gasteiger partial charge >= 0.3 is 5.69 Å². The number of hydrogen-bond donors (Lipinski definition) is 3. The minimum atomic E-state index is -0.477. The fraction of sp³-hybridized carbons (Fsp3) is 0.174. The number of nitrogens with zero attached hydrogens (tertiary/aromatic N) is 4. The minimum Gasteiger partial charge on any atom is -0.493 e. The molecular weight excluding hydrogens is 458 g/mol. The van der Waals surface area contributed by atoms with Crippen LogP contribution in [0.4, 0.5) is 0 Å². The third-order valence-corrected chi connectivity index (χ3v) is 5.62. The monoisotopic (exact) mass is 479 g/mol.